The summed E-state index contributed by atoms with van der Waals surface area (Å²) in [5, 5.41) is 10.8. The molecule has 0 radical (unpaired) electrons. The molecule has 2 aliphatic rings. The fraction of sp³-hybridized carbons (Fsp3) is 0.226. The van der Waals surface area contributed by atoms with E-state index in [0.717, 1.165) is 24.0 Å². The van der Waals surface area contributed by atoms with Gasteiger partial charge in [-0.2, -0.15) is 9.97 Å². The number of carbonyl (C=O) groups is 3. The van der Waals surface area contributed by atoms with Gasteiger partial charge in [0, 0.05) is 53.9 Å². The highest BCUT2D eigenvalue weighted by Crippen LogP contribution is 2.31. The van der Waals surface area contributed by atoms with Gasteiger partial charge in [-0.25, -0.2) is 14.6 Å². The number of carbonyl (C=O) groups excluding carboxylic acids is 3. The second-order valence-electron chi connectivity index (χ2n) is 10.5. The molecule has 44 heavy (non-hydrogen) atoms. The Kier molecular flexibility index (Phi) is 8.02. The maximum absolute atomic E-state index is 12.5. The van der Waals surface area contributed by atoms with Crippen LogP contribution in [0.4, 0.5) is 32.6 Å². The van der Waals surface area contributed by atoms with E-state index in [1.165, 1.54) is 0 Å². The highest BCUT2D eigenvalue weighted by atomic mass is 16.5. The zero-order valence-electron chi connectivity index (χ0n) is 23.9. The van der Waals surface area contributed by atoms with Gasteiger partial charge in [-0.1, -0.05) is 0 Å². The van der Waals surface area contributed by atoms with Gasteiger partial charge < -0.3 is 36.6 Å². The lowest BCUT2D eigenvalue weighted by Crippen LogP contribution is -2.43. The van der Waals surface area contributed by atoms with Crippen molar-refractivity contribution < 1.29 is 19.1 Å². The molecular formula is C31H31N9O4. The number of fused-ring (bicyclic) bond motifs is 2. The summed E-state index contributed by atoms with van der Waals surface area (Å²) >= 11 is 0. The second kappa shape index (κ2) is 12.4. The first-order valence-electron chi connectivity index (χ1n) is 14.2. The maximum Gasteiger partial charge on any atom is 0.323 e. The molecule has 1 aromatic heterocycles. The van der Waals surface area contributed by atoms with Gasteiger partial charge in [-0.05, 0) is 85.6 Å². The lowest BCUT2D eigenvalue weighted by atomic mass is 10.1. The number of amides is 5. The van der Waals surface area contributed by atoms with Gasteiger partial charge in [0.1, 0.15) is 0 Å². The van der Waals surface area contributed by atoms with Crippen LogP contribution in [0.5, 0.6) is 0 Å². The molecule has 2 atom stereocenters. The summed E-state index contributed by atoms with van der Waals surface area (Å²) in [5.41, 5.74) is 8.87. The molecule has 4 aromatic rings. The van der Waals surface area contributed by atoms with Gasteiger partial charge in [0.2, 0.25) is 11.9 Å². The molecule has 2 unspecified atom stereocenters. The fourth-order valence-electron chi connectivity index (χ4n) is 5.15. The molecule has 0 aliphatic carbocycles. The molecule has 13 nitrogen and oxygen atoms in total. The topological polar surface area (TPSA) is 176 Å². The summed E-state index contributed by atoms with van der Waals surface area (Å²) < 4.78 is 6.02. The zero-order valence-corrected chi connectivity index (χ0v) is 23.9. The van der Waals surface area contributed by atoms with Gasteiger partial charge in [0.25, 0.3) is 0 Å². The van der Waals surface area contributed by atoms with Crippen LogP contribution in [-0.4, -0.2) is 65.3 Å². The third-order valence-electron chi connectivity index (χ3n) is 7.41. The van der Waals surface area contributed by atoms with Gasteiger partial charge in [-0.15, -0.1) is 0 Å². The Morgan fingerprint density at radius 1 is 0.705 bits per heavy atom. The normalized spacial score (nSPS) is 17.1. The van der Waals surface area contributed by atoms with E-state index in [4.69, 9.17) is 25.4 Å². The molecule has 3 heterocycles. The standard InChI is InChI=1S/C31H31N9O4/c1-33-30(42)34-21-10-4-19(5-11-21)27-37-28(39-29(38-27)40-16-24-14-15-25(17-40)44-24)20-6-12-23(13-7-20)36-31(43)35-22-8-2-18(3-9-22)26(32)41/h2-13,24-25H,14-17H2,1H3,(H2,32,41)(H2,33,34,42)(H2,35,36,43). The highest BCUT2D eigenvalue weighted by Gasteiger charge is 2.35. The van der Waals surface area contributed by atoms with Crippen molar-refractivity contribution in [2.45, 2.75) is 25.0 Å². The van der Waals surface area contributed by atoms with Crippen LogP contribution < -0.4 is 31.9 Å². The van der Waals surface area contributed by atoms with Crippen LogP contribution in [0.2, 0.25) is 0 Å². The number of ether oxygens (including phenoxy) is 1. The third kappa shape index (κ3) is 6.57. The number of primary amides is 1. The van der Waals surface area contributed by atoms with E-state index < -0.39 is 11.9 Å². The van der Waals surface area contributed by atoms with Crippen molar-refractivity contribution in [3.8, 4) is 22.8 Å². The number of aromatic nitrogens is 3. The van der Waals surface area contributed by atoms with Crippen molar-refractivity contribution in [1.82, 2.24) is 20.3 Å². The van der Waals surface area contributed by atoms with E-state index in [9.17, 15) is 14.4 Å². The molecule has 6 N–H and O–H groups in total. The maximum atomic E-state index is 12.5. The predicted molar refractivity (Wildman–Crippen MR) is 166 cm³/mol. The van der Waals surface area contributed by atoms with Gasteiger partial charge >= 0.3 is 12.1 Å². The molecule has 3 aromatic carbocycles. The average Bonchev–Trinajstić information content (AvgIpc) is 3.38. The number of urea groups is 2. The first-order valence-corrected chi connectivity index (χ1v) is 14.2. The Hall–Kier alpha value is -5.56. The molecule has 2 saturated heterocycles. The minimum absolute atomic E-state index is 0.157. The fourth-order valence-corrected chi connectivity index (χ4v) is 5.15. The smallest absolute Gasteiger partial charge is 0.323 e. The van der Waals surface area contributed by atoms with Crippen LogP contribution in [0.1, 0.15) is 23.2 Å². The van der Waals surface area contributed by atoms with Crippen molar-refractivity contribution >= 4 is 41.0 Å². The van der Waals surface area contributed by atoms with Crippen LogP contribution in [0, 0.1) is 0 Å². The van der Waals surface area contributed by atoms with Crippen molar-refractivity contribution in [2.24, 2.45) is 5.73 Å². The number of morpholine rings is 1. The highest BCUT2D eigenvalue weighted by molar-refractivity contribution is 6.00. The van der Waals surface area contributed by atoms with Gasteiger partial charge in [-0.3, -0.25) is 4.79 Å². The van der Waals surface area contributed by atoms with Crippen LogP contribution in [0.3, 0.4) is 0 Å². The number of anilines is 4. The van der Waals surface area contributed by atoms with E-state index in [-0.39, 0.29) is 18.2 Å². The summed E-state index contributed by atoms with van der Waals surface area (Å²) in [6.45, 7) is 1.41. The number of benzene rings is 3. The number of nitrogens with two attached hydrogens (primary N) is 1. The predicted octanol–water partition coefficient (Wildman–Crippen LogP) is 4.07. The van der Waals surface area contributed by atoms with Crippen LogP contribution in [-0.2, 0) is 4.74 Å². The van der Waals surface area contributed by atoms with E-state index in [1.807, 2.05) is 24.3 Å². The Bertz CT molecular complexity index is 1670. The molecule has 2 fully saturated rings. The van der Waals surface area contributed by atoms with Gasteiger partial charge in [0.05, 0.1) is 12.2 Å². The lowest BCUT2D eigenvalue weighted by Gasteiger charge is -2.32. The molecule has 2 bridgehead atoms. The summed E-state index contributed by atoms with van der Waals surface area (Å²) in [7, 11) is 1.56. The number of hydrogen-bond donors (Lipinski definition) is 5. The van der Waals surface area contributed by atoms with Crippen molar-refractivity contribution in [3.63, 3.8) is 0 Å². The average molecular weight is 594 g/mol. The largest absolute Gasteiger partial charge is 0.371 e. The van der Waals surface area contributed by atoms with Crippen molar-refractivity contribution in [1.29, 1.82) is 0 Å². The summed E-state index contributed by atoms with van der Waals surface area (Å²) in [4.78, 5) is 52.1. The number of nitrogens with one attached hydrogen (secondary N) is 4. The Morgan fingerprint density at radius 2 is 1.16 bits per heavy atom. The molecule has 224 valence electrons. The molecule has 5 amide bonds. The quantitative estimate of drug-likeness (QED) is 0.213. The zero-order chi connectivity index (χ0) is 30.6. The molecule has 6 rings (SSSR count). The molecule has 0 saturated carbocycles. The summed E-state index contributed by atoms with van der Waals surface area (Å²) in [6, 6.07) is 20.0. The monoisotopic (exact) mass is 593 g/mol. The van der Waals surface area contributed by atoms with E-state index in [0.29, 0.717) is 53.3 Å². The van der Waals surface area contributed by atoms with E-state index in [1.54, 1.807) is 55.6 Å². The second-order valence-corrected chi connectivity index (χ2v) is 10.5. The Morgan fingerprint density at radius 3 is 1.61 bits per heavy atom. The molecule has 0 spiro atoms. The Labute approximate surface area is 253 Å². The lowest BCUT2D eigenvalue weighted by molar-refractivity contribution is 0.0299. The van der Waals surface area contributed by atoms with Gasteiger partial charge in [0.15, 0.2) is 11.6 Å². The van der Waals surface area contributed by atoms with Crippen LogP contribution >= 0.6 is 0 Å². The first-order chi connectivity index (χ1) is 21.3. The number of nitrogens with zero attached hydrogens (tertiary/aromatic N) is 4. The molecule has 2 aliphatic heterocycles. The van der Waals surface area contributed by atoms with Crippen molar-refractivity contribution in [3.05, 3.63) is 78.4 Å². The van der Waals surface area contributed by atoms with Crippen molar-refractivity contribution in [2.75, 3.05) is 41.0 Å². The summed E-state index contributed by atoms with van der Waals surface area (Å²) in [5.74, 6) is 1.02. The first kappa shape index (κ1) is 28.6. The summed E-state index contributed by atoms with van der Waals surface area (Å²) in [6.07, 6.45) is 2.36. The number of hydrogen-bond acceptors (Lipinski definition) is 8. The van der Waals surface area contributed by atoms with Crippen LogP contribution in [0.15, 0.2) is 72.8 Å². The number of rotatable bonds is 7. The van der Waals surface area contributed by atoms with Crippen LogP contribution in [0.25, 0.3) is 22.8 Å². The Balaban J connectivity index is 1.23. The third-order valence-corrected chi connectivity index (χ3v) is 7.41. The molecular weight excluding hydrogens is 562 g/mol. The molecule has 13 heteroatoms. The van der Waals surface area contributed by atoms with E-state index >= 15 is 0 Å². The minimum atomic E-state index is -0.538. The minimum Gasteiger partial charge on any atom is -0.371 e. The van der Waals surface area contributed by atoms with E-state index in [2.05, 4.69) is 26.2 Å². The SMILES string of the molecule is CNC(=O)Nc1ccc(-c2nc(-c3ccc(NC(=O)Nc4ccc(C(N)=O)cc4)cc3)nc(N3CC4CCC(C3)O4)n2)cc1.